The number of nitrogens with one attached hydrogen (secondary N) is 4. The molecule has 30 heavy (non-hydrogen) atoms. The number of carbonyl (C=O) groups is 2. The number of piperazine rings is 1. The zero-order valence-corrected chi connectivity index (χ0v) is 18.1. The Hall–Kier alpha value is -2.68. The number of rotatable bonds is 5. The van der Waals surface area contributed by atoms with Crippen LogP contribution < -0.4 is 21.5 Å². The smallest absolute Gasteiger partial charge is 0.240 e. The summed E-state index contributed by atoms with van der Waals surface area (Å²) in [5.74, 6) is -0.427. The molecular weight excluding hydrogens is 422 g/mol. The standard InChI is InChI=1S/C21H24ClN5O2S/c1-14-7-8-16(11-17(14)22)24-21(30)26-25-19(28)12-18-20(29)27(10-9-23-18)13-15-5-3-2-4-6-15/h2-8,11,18,23H,9-10,12-13H2,1H3,(H,25,28)(H2,24,26,30). The highest BCUT2D eigenvalue weighted by Crippen LogP contribution is 2.19. The zero-order chi connectivity index (χ0) is 21.5. The van der Waals surface area contributed by atoms with E-state index >= 15 is 0 Å². The number of halogens is 1. The van der Waals surface area contributed by atoms with Crippen LogP contribution in [0, 0.1) is 6.92 Å². The van der Waals surface area contributed by atoms with Gasteiger partial charge in [0.05, 0.1) is 12.5 Å². The fourth-order valence-corrected chi connectivity index (χ4v) is 3.46. The van der Waals surface area contributed by atoms with E-state index in [1.165, 1.54) is 0 Å². The van der Waals surface area contributed by atoms with Gasteiger partial charge in [-0.3, -0.25) is 20.4 Å². The van der Waals surface area contributed by atoms with Crippen molar-refractivity contribution in [2.45, 2.75) is 25.9 Å². The summed E-state index contributed by atoms with van der Waals surface area (Å²) in [7, 11) is 0. The van der Waals surface area contributed by atoms with Gasteiger partial charge in [-0.25, -0.2) is 0 Å². The van der Waals surface area contributed by atoms with E-state index in [9.17, 15) is 9.59 Å². The summed E-state index contributed by atoms with van der Waals surface area (Å²) in [6, 6.07) is 14.7. The number of hydrazine groups is 1. The van der Waals surface area contributed by atoms with Crippen molar-refractivity contribution in [3.8, 4) is 0 Å². The molecule has 0 saturated carbocycles. The van der Waals surface area contributed by atoms with Crippen molar-refractivity contribution in [2.75, 3.05) is 18.4 Å². The topological polar surface area (TPSA) is 85.5 Å². The fourth-order valence-electron chi connectivity index (χ4n) is 3.11. The van der Waals surface area contributed by atoms with Crippen molar-refractivity contribution < 1.29 is 9.59 Å². The van der Waals surface area contributed by atoms with Gasteiger partial charge in [0.1, 0.15) is 0 Å². The van der Waals surface area contributed by atoms with Crippen molar-refractivity contribution >= 4 is 46.4 Å². The summed E-state index contributed by atoms with van der Waals surface area (Å²) in [6.07, 6.45) is 0.0100. The normalized spacial score (nSPS) is 16.1. The Morgan fingerprint density at radius 1 is 1.23 bits per heavy atom. The molecule has 1 fully saturated rings. The van der Waals surface area contributed by atoms with Crippen molar-refractivity contribution in [1.82, 2.24) is 21.1 Å². The summed E-state index contributed by atoms with van der Waals surface area (Å²) in [4.78, 5) is 26.8. The first-order chi connectivity index (χ1) is 14.4. The Labute approximate surface area is 186 Å². The molecule has 0 radical (unpaired) electrons. The lowest BCUT2D eigenvalue weighted by Crippen LogP contribution is -2.56. The van der Waals surface area contributed by atoms with E-state index in [1.54, 1.807) is 11.0 Å². The Morgan fingerprint density at radius 3 is 2.73 bits per heavy atom. The number of aryl methyl sites for hydroxylation is 1. The number of nitrogens with zero attached hydrogens (tertiary/aromatic N) is 1. The summed E-state index contributed by atoms with van der Waals surface area (Å²) in [5.41, 5.74) is 7.90. The minimum atomic E-state index is -0.568. The maximum Gasteiger partial charge on any atom is 0.240 e. The molecule has 1 heterocycles. The van der Waals surface area contributed by atoms with E-state index in [1.807, 2.05) is 49.4 Å². The van der Waals surface area contributed by atoms with Crippen molar-refractivity contribution in [3.05, 3.63) is 64.7 Å². The molecule has 0 bridgehead atoms. The highest BCUT2D eigenvalue weighted by Gasteiger charge is 2.30. The van der Waals surface area contributed by atoms with Gasteiger partial charge in [0.15, 0.2) is 5.11 Å². The van der Waals surface area contributed by atoms with Crippen LogP contribution in [0.3, 0.4) is 0 Å². The van der Waals surface area contributed by atoms with Gasteiger partial charge in [-0.05, 0) is 42.4 Å². The molecule has 9 heteroatoms. The van der Waals surface area contributed by atoms with Crippen LogP contribution in [0.25, 0.3) is 0 Å². The van der Waals surface area contributed by atoms with Gasteiger partial charge >= 0.3 is 0 Å². The number of anilines is 1. The van der Waals surface area contributed by atoms with Crippen molar-refractivity contribution in [1.29, 1.82) is 0 Å². The number of hydrogen-bond donors (Lipinski definition) is 4. The minimum absolute atomic E-state index is 0.0100. The first-order valence-corrected chi connectivity index (χ1v) is 10.4. The largest absolute Gasteiger partial charge is 0.336 e. The highest BCUT2D eigenvalue weighted by molar-refractivity contribution is 7.80. The lowest BCUT2D eigenvalue weighted by Gasteiger charge is -2.33. The second kappa shape index (κ2) is 10.4. The maximum atomic E-state index is 12.7. The van der Waals surface area contributed by atoms with E-state index < -0.39 is 6.04 Å². The number of amides is 2. The molecule has 1 aliphatic rings. The zero-order valence-electron chi connectivity index (χ0n) is 16.6. The Kier molecular flexibility index (Phi) is 7.62. The molecule has 0 aliphatic carbocycles. The Bertz CT molecular complexity index is 925. The predicted molar refractivity (Wildman–Crippen MR) is 122 cm³/mol. The SMILES string of the molecule is Cc1ccc(NC(=S)NNC(=O)CC2NCCN(Cc3ccccc3)C2=O)cc1Cl. The van der Waals surface area contributed by atoms with Gasteiger partial charge in [-0.1, -0.05) is 48.0 Å². The van der Waals surface area contributed by atoms with E-state index in [4.69, 9.17) is 23.8 Å². The van der Waals surface area contributed by atoms with Crippen LogP contribution >= 0.6 is 23.8 Å². The first kappa shape index (κ1) is 22.0. The van der Waals surface area contributed by atoms with Gasteiger partial charge in [-0.2, -0.15) is 0 Å². The highest BCUT2D eigenvalue weighted by atomic mass is 35.5. The number of carbonyl (C=O) groups excluding carboxylic acids is 2. The molecule has 3 rings (SSSR count). The van der Waals surface area contributed by atoms with Crippen LogP contribution in [0.5, 0.6) is 0 Å². The molecule has 7 nitrogen and oxygen atoms in total. The van der Waals surface area contributed by atoms with Gasteiger partial charge in [-0.15, -0.1) is 0 Å². The third-order valence-electron chi connectivity index (χ3n) is 4.73. The van der Waals surface area contributed by atoms with Crippen LogP contribution in [0.2, 0.25) is 5.02 Å². The number of benzene rings is 2. The molecule has 4 N–H and O–H groups in total. The molecule has 158 valence electrons. The monoisotopic (exact) mass is 445 g/mol. The van der Waals surface area contributed by atoms with Gasteiger partial charge in [0.25, 0.3) is 0 Å². The third-order valence-corrected chi connectivity index (χ3v) is 5.34. The molecule has 2 aromatic carbocycles. The predicted octanol–water partition coefficient (Wildman–Crippen LogP) is 2.36. The van der Waals surface area contributed by atoms with Crippen LogP contribution in [0.4, 0.5) is 5.69 Å². The van der Waals surface area contributed by atoms with Crippen LogP contribution in [-0.4, -0.2) is 41.0 Å². The average molecular weight is 446 g/mol. The van der Waals surface area contributed by atoms with Gasteiger partial charge in [0.2, 0.25) is 11.8 Å². The van der Waals surface area contributed by atoms with E-state index in [0.717, 1.165) is 11.1 Å². The molecule has 0 aromatic heterocycles. The lowest BCUT2D eigenvalue weighted by molar-refractivity contribution is -0.138. The minimum Gasteiger partial charge on any atom is -0.336 e. The Morgan fingerprint density at radius 2 is 2.00 bits per heavy atom. The average Bonchev–Trinajstić information content (AvgIpc) is 2.73. The van der Waals surface area contributed by atoms with E-state index in [-0.39, 0.29) is 23.3 Å². The van der Waals surface area contributed by atoms with Crippen molar-refractivity contribution in [3.63, 3.8) is 0 Å². The van der Waals surface area contributed by atoms with E-state index in [0.29, 0.717) is 30.3 Å². The molecule has 2 amide bonds. The third kappa shape index (κ3) is 6.16. The molecule has 1 unspecified atom stereocenters. The second-order valence-corrected chi connectivity index (χ2v) is 7.86. The fraction of sp³-hybridized carbons (Fsp3) is 0.286. The van der Waals surface area contributed by atoms with Crippen LogP contribution in [0.15, 0.2) is 48.5 Å². The molecule has 1 aliphatic heterocycles. The van der Waals surface area contributed by atoms with Crippen molar-refractivity contribution in [2.24, 2.45) is 0 Å². The summed E-state index contributed by atoms with van der Waals surface area (Å²) in [5, 5.41) is 6.89. The molecule has 2 aromatic rings. The summed E-state index contributed by atoms with van der Waals surface area (Å²) in [6.45, 7) is 3.69. The first-order valence-electron chi connectivity index (χ1n) is 9.60. The Balaban J connectivity index is 1.46. The maximum absolute atomic E-state index is 12.7. The second-order valence-electron chi connectivity index (χ2n) is 7.05. The van der Waals surface area contributed by atoms with Gasteiger partial charge < -0.3 is 15.5 Å². The van der Waals surface area contributed by atoms with Gasteiger partial charge in [0, 0.05) is 30.3 Å². The molecular formula is C21H24ClN5O2S. The van der Waals surface area contributed by atoms with Crippen LogP contribution in [-0.2, 0) is 16.1 Å². The lowest BCUT2D eigenvalue weighted by atomic mass is 10.1. The summed E-state index contributed by atoms with van der Waals surface area (Å²) < 4.78 is 0. The molecule has 1 atom stereocenters. The molecule has 0 spiro atoms. The number of thiocarbonyl (C=S) groups is 1. The van der Waals surface area contributed by atoms with Crippen LogP contribution in [0.1, 0.15) is 17.5 Å². The molecule has 1 saturated heterocycles. The van der Waals surface area contributed by atoms with E-state index in [2.05, 4.69) is 21.5 Å². The number of hydrogen-bond acceptors (Lipinski definition) is 4. The summed E-state index contributed by atoms with van der Waals surface area (Å²) >= 11 is 11.3. The quantitative estimate of drug-likeness (QED) is 0.417.